The van der Waals surface area contributed by atoms with Crippen LogP contribution in [0.15, 0.2) is 103 Å². The summed E-state index contributed by atoms with van der Waals surface area (Å²) in [6.45, 7) is -2.89. The average molecular weight is 484 g/mol. The lowest BCUT2D eigenvalue weighted by atomic mass is 10.0. The first-order valence-electron chi connectivity index (χ1n) is 11.0. The van der Waals surface area contributed by atoms with E-state index in [1.807, 2.05) is 60.7 Å². The maximum Gasteiger partial charge on any atom is 0.341 e. The van der Waals surface area contributed by atoms with Gasteiger partial charge in [-0.05, 0) is 41.0 Å². The highest BCUT2D eigenvalue weighted by atomic mass is 31.2. The molecular formula is C29H25O5P. The predicted molar refractivity (Wildman–Crippen MR) is 142 cm³/mol. The fourth-order valence-corrected chi connectivity index (χ4v) is 7.16. The number of hydrogen-bond acceptors (Lipinski definition) is 4. The molecule has 1 N–H and O–H groups in total. The summed E-state index contributed by atoms with van der Waals surface area (Å²) in [4.78, 5) is 24.7. The number of ether oxygens (including phenoxy) is 2. The van der Waals surface area contributed by atoms with Gasteiger partial charge in [-0.25, -0.2) is 4.79 Å². The number of hydrogen-bond donors (Lipinski definition) is 1. The van der Waals surface area contributed by atoms with Gasteiger partial charge in [0.15, 0.2) is 23.9 Å². The number of rotatable bonds is 9. The number of benzene rings is 4. The van der Waals surface area contributed by atoms with Gasteiger partial charge in [-0.1, -0.05) is 91.2 Å². The fraction of sp³-hybridized carbons (Fsp3) is 0.0690. The Labute approximate surface area is 204 Å². The summed E-state index contributed by atoms with van der Waals surface area (Å²) < 4.78 is 10.6. The number of methoxy groups -OCH3 is 1. The summed E-state index contributed by atoms with van der Waals surface area (Å²) in [5.74, 6) is -0.731. The molecule has 4 aromatic carbocycles. The summed E-state index contributed by atoms with van der Waals surface area (Å²) in [5, 5.41) is 11.9. The topological polar surface area (TPSA) is 72.8 Å². The number of carbonyl (C=O) groups excluding carboxylic acids is 1. The second-order valence-corrected chi connectivity index (χ2v) is 11.0. The molecular weight excluding hydrogens is 459 g/mol. The van der Waals surface area contributed by atoms with Crippen LogP contribution in [0.2, 0.25) is 0 Å². The quantitative estimate of drug-likeness (QED) is 0.286. The molecule has 5 nitrogen and oxygen atoms in total. The third kappa shape index (κ3) is 4.91. The van der Waals surface area contributed by atoms with Gasteiger partial charge in [0, 0.05) is 11.1 Å². The maximum atomic E-state index is 13.8. The van der Waals surface area contributed by atoms with Gasteiger partial charge in [0.2, 0.25) is 0 Å². The van der Waals surface area contributed by atoms with Crippen LogP contribution < -0.4 is 25.4 Å². The van der Waals surface area contributed by atoms with E-state index in [-0.39, 0.29) is 17.3 Å². The van der Waals surface area contributed by atoms with Crippen LogP contribution >= 0.6 is 6.89 Å². The minimum atomic E-state index is -2.38. The van der Waals surface area contributed by atoms with Gasteiger partial charge in [-0.3, -0.25) is 4.79 Å². The van der Waals surface area contributed by atoms with Crippen LogP contribution in [0.4, 0.5) is 0 Å². The third-order valence-electron chi connectivity index (χ3n) is 5.73. The Hall–Kier alpha value is -4.08. The monoisotopic (exact) mass is 484 g/mol. The summed E-state index contributed by atoms with van der Waals surface area (Å²) in [7, 11) is 1.45. The molecule has 0 atom stereocenters. The molecule has 0 heterocycles. The van der Waals surface area contributed by atoms with Crippen molar-refractivity contribution in [3.05, 3.63) is 114 Å². The van der Waals surface area contributed by atoms with Crippen LogP contribution in [0.1, 0.15) is 15.9 Å². The summed E-state index contributed by atoms with van der Waals surface area (Å²) in [5.41, 5.74) is 0.967. The molecule has 176 valence electrons. The molecule has 0 aliphatic carbocycles. The van der Waals surface area contributed by atoms with Crippen LogP contribution in [-0.2, 0) is 4.79 Å². The van der Waals surface area contributed by atoms with Crippen molar-refractivity contribution in [1.29, 1.82) is 0 Å². The van der Waals surface area contributed by atoms with E-state index >= 15 is 0 Å². The van der Waals surface area contributed by atoms with Crippen molar-refractivity contribution in [3.63, 3.8) is 0 Å². The molecule has 0 saturated carbocycles. The Bertz CT molecular complexity index is 1350. The van der Waals surface area contributed by atoms with E-state index in [1.165, 1.54) is 7.11 Å². The highest BCUT2D eigenvalue weighted by Crippen LogP contribution is 2.43. The largest absolute Gasteiger partial charge is 0.493 e. The average Bonchev–Trinajstić information content (AvgIpc) is 2.92. The van der Waals surface area contributed by atoms with Gasteiger partial charge in [-0.2, -0.15) is 0 Å². The zero-order valence-electron chi connectivity index (χ0n) is 19.3. The van der Waals surface area contributed by atoms with E-state index in [1.54, 1.807) is 18.2 Å². The van der Waals surface area contributed by atoms with Crippen molar-refractivity contribution in [1.82, 2.24) is 0 Å². The number of carboxylic acid groups (broad SMARTS) is 1. The predicted octanol–water partition coefficient (Wildman–Crippen LogP) is 4.12. The number of carboxylic acids is 1. The molecule has 0 aromatic heterocycles. The molecule has 35 heavy (non-hydrogen) atoms. The fourth-order valence-electron chi connectivity index (χ4n) is 4.01. The lowest BCUT2D eigenvalue weighted by Crippen LogP contribution is -2.29. The van der Waals surface area contributed by atoms with E-state index in [0.717, 1.165) is 15.9 Å². The lowest BCUT2D eigenvalue weighted by molar-refractivity contribution is -0.139. The molecule has 0 bridgehead atoms. The minimum Gasteiger partial charge on any atom is -0.493 e. The second kappa shape index (κ2) is 10.5. The molecule has 0 aliphatic rings. The van der Waals surface area contributed by atoms with Gasteiger partial charge >= 0.3 is 5.97 Å². The van der Waals surface area contributed by atoms with E-state index < -0.39 is 19.5 Å². The summed E-state index contributed by atoms with van der Waals surface area (Å²) >= 11 is 0. The zero-order chi connectivity index (χ0) is 24.8. The maximum absolute atomic E-state index is 13.8. The van der Waals surface area contributed by atoms with E-state index in [0.29, 0.717) is 11.1 Å². The molecule has 4 aromatic rings. The Kier molecular flexibility index (Phi) is 7.19. The van der Waals surface area contributed by atoms with Crippen LogP contribution in [0.3, 0.4) is 0 Å². The van der Waals surface area contributed by atoms with Crippen molar-refractivity contribution in [3.8, 4) is 11.5 Å². The standard InChI is InChI=1S/C29H25O5P/c1-33-26-19-21(17-18-25(26)34-20-28(30)31)29(32)24-15-9-10-16-27(24)35(2,22-11-5-3-6-12-22)23-13-7-4-8-14-23/h3-19H,2,20H2,1H3,(H,30,31). The molecule has 0 unspecified atom stereocenters. The van der Waals surface area contributed by atoms with Crippen molar-refractivity contribution >= 4 is 40.9 Å². The number of aliphatic carboxylic acids is 1. The van der Waals surface area contributed by atoms with Gasteiger partial charge in [0.1, 0.15) is 0 Å². The lowest BCUT2D eigenvalue weighted by Gasteiger charge is -2.28. The number of carbonyl (C=O) groups is 2. The van der Waals surface area contributed by atoms with Crippen molar-refractivity contribution in [2.75, 3.05) is 13.7 Å². The van der Waals surface area contributed by atoms with Gasteiger partial charge in [0.05, 0.1) is 7.11 Å². The van der Waals surface area contributed by atoms with Crippen molar-refractivity contribution < 1.29 is 24.2 Å². The van der Waals surface area contributed by atoms with E-state index in [2.05, 4.69) is 24.3 Å². The highest BCUT2D eigenvalue weighted by molar-refractivity contribution is 7.93. The smallest absolute Gasteiger partial charge is 0.341 e. The molecule has 0 radical (unpaired) electrons. The van der Waals surface area contributed by atoms with E-state index in [4.69, 9.17) is 20.9 Å². The van der Waals surface area contributed by atoms with Crippen molar-refractivity contribution in [2.45, 2.75) is 0 Å². The molecule has 0 saturated heterocycles. The first kappa shape index (κ1) is 24.1. The molecule has 0 amide bonds. The van der Waals surface area contributed by atoms with Crippen LogP contribution in [0.25, 0.3) is 0 Å². The Morgan fingerprint density at radius 2 is 1.37 bits per heavy atom. The van der Waals surface area contributed by atoms with Gasteiger partial charge < -0.3 is 14.6 Å². The van der Waals surface area contributed by atoms with Gasteiger partial charge in [0.25, 0.3) is 0 Å². The van der Waals surface area contributed by atoms with Gasteiger partial charge in [-0.15, -0.1) is 0 Å². The molecule has 4 rings (SSSR count). The van der Waals surface area contributed by atoms with Crippen LogP contribution in [0, 0.1) is 0 Å². The summed E-state index contributed by atoms with van der Waals surface area (Å²) in [6, 6.07) is 32.5. The molecule has 6 heteroatoms. The number of ketones is 1. The second-order valence-electron chi connectivity index (χ2n) is 7.88. The molecule has 0 spiro atoms. The van der Waals surface area contributed by atoms with E-state index in [9.17, 15) is 9.59 Å². The Balaban J connectivity index is 1.84. The highest BCUT2D eigenvalue weighted by Gasteiger charge is 2.27. The first-order chi connectivity index (χ1) is 16.9. The molecule has 0 aliphatic heterocycles. The first-order valence-corrected chi connectivity index (χ1v) is 12.9. The molecule has 0 fully saturated rings. The summed E-state index contributed by atoms with van der Waals surface area (Å²) in [6.07, 6.45) is 4.76. The Morgan fingerprint density at radius 3 is 1.94 bits per heavy atom. The zero-order valence-corrected chi connectivity index (χ0v) is 20.2. The third-order valence-corrected chi connectivity index (χ3v) is 9.30. The minimum absolute atomic E-state index is 0.177. The SMILES string of the molecule is C=P(c1ccccc1)(c1ccccc1)c1ccccc1C(=O)c1ccc(OCC(=O)O)c(OC)c1. The van der Waals surface area contributed by atoms with Crippen molar-refractivity contribution in [2.24, 2.45) is 0 Å². The van der Waals surface area contributed by atoms with Crippen LogP contribution in [-0.4, -0.2) is 36.9 Å². The normalized spacial score (nSPS) is 11.0. The van der Waals surface area contributed by atoms with Crippen LogP contribution in [0.5, 0.6) is 11.5 Å². The Morgan fingerprint density at radius 1 is 0.800 bits per heavy atom.